The molecule has 0 aromatic heterocycles. The van der Waals surface area contributed by atoms with Gasteiger partial charge < -0.3 is 28.1 Å². The van der Waals surface area contributed by atoms with Crippen LogP contribution in [0.25, 0.3) is 0 Å². The van der Waals surface area contributed by atoms with E-state index in [-0.39, 0.29) is 41.2 Å². The van der Waals surface area contributed by atoms with Gasteiger partial charge in [-0.05, 0) is 66.6 Å². The van der Waals surface area contributed by atoms with E-state index in [1.54, 1.807) is 14.2 Å². The van der Waals surface area contributed by atoms with E-state index in [0.717, 1.165) is 18.4 Å². The molecule has 2 aliphatic carbocycles. The number of carbonyl (C=O) groups is 2. The smallest absolute Gasteiger partial charge is 0.319 e. The Bertz CT molecular complexity index is 970. The zero-order chi connectivity index (χ0) is 31.7. The maximum Gasteiger partial charge on any atom is 0.319 e. The Morgan fingerprint density at radius 2 is 1.52 bits per heavy atom. The van der Waals surface area contributed by atoms with Crippen molar-refractivity contribution in [3.05, 3.63) is 11.1 Å². The molecule has 1 unspecified atom stereocenters. The molecule has 3 atom stereocenters. The van der Waals surface area contributed by atoms with Gasteiger partial charge in [-0.1, -0.05) is 61.0 Å². The maximum absolute atomic E-state index is 15.4. The van der Waals surface area contributed by atoms with Crippen molar-refractivity contribution in [2.45, 2.75) is 136 Å². The van der Waals surface area contributed by atoms with E-state index in [1.165, 1.54) is 12.7 Å². The molecule has 0 amide bonds. The Kier molecular flexibility index (Phi) is 11.4. The zero-order valence-corrected chi connectivity index (χ0v) is 29.4. The van der Waals surface area contributed by atoms with E-state index in [2.05, 4.69) is 62.3 Å². The lowest BCUT2D eigenvalue weighted by Crippen LogP contribution is -2.63. The maximum atomic E-state index is 15.4. The molecule has 1 spiro atoms. The minimum atomic E-state index is -2.56. The Morgan fingerprint density at radius 1 is 0.976 bits per heavy atom. The topological polar surface area (TPSA) is 89.5 Å². The van der Waals surface area contributed by atoms with Gasteiger partial charge in [0.2, 0.25) is 8.32 Å². The summed E-state index contributed by atoms with van der Waals surface area (Å²) in [6, 6.07) is 0. The van der Waals surface area contributed by atoms with Gasteiger partial charge in [0.05, 0.1) is 20.3 Å². The number of rotatable bonds is 12. The van der Waals surface area contributed by atoms with Gasteiger partial charge in [-0.25, -0.2) is 0 Å². The minimum Gasteiger partial charge on any atom is -0.468 e. The Balaban J connectivity index is 2.32. The third-order valence-electron chi connectivity index (χ3n) is 10.8. The highest BCUT2D eigenvalue weighted by atomic mass is 28.4. The number of ether oxygens (including phenoxy) is 5. The lowest BCUT2D eigenvalue weighted by Gasteiger charge is -2.56. The summed E-state index contributed by atoms with van der Waals surface area (Å²) in [4.78, 5) is 29.6. The molecule has 0 radical (unpaired) electrons. The number of hydrogen-bond acceptors (Lipinski definition) is 8. The molecule has 3 aliphatic rings. The van der Waals surface area contributed by atoms with Crippen molar-refractivity contribution in [3.8, 4) is 0 Å². The number of methoxy groups -OCH3 is 3. The summed E-state index contributed by atoms with van der Waals surface area (Å²) in [5.74, 6) is -1.91. The third kappa shape index (κ3) is 5.95. The average molecular weight is 611 g/mol. The van der Waals surface area contributed by atoms with Crippen molar-refractivity contribution in [3.63, 3.8) is 0 Å². The number of hydrogen-bond donors (Lipinski definition) is 0. The second-order valence-electron chi connectivity index (χ2n) is 14.2. The fourth-order valence-electron chi connectivity index (χ4n) is 9.02. The molecule has 0 aromatic rings. The van der Waals surface area contributed by atoms with Gasteiger partial charge in [0, 0.05) is 26.6 Å². The highest BCUT2D eigenvalue weighted by Crippen LogP contribution is 2.60. The highest BCUT2D eigenvalue weighted by molar-refractivity contribution is 6.77. The van der Waals surface area contributed by atoms with E-state index in [1.807, 2.05) is 0 Å². The molecule has 0 N–H and O–H groups in total. The fraction of sp³-hybridized carbons (Fsp3) is 0.879. The van der Waals surface area contributed by atoms with E-state index in [0.29, 0.717) is 26.1 Å². The zero-order valence-electron chi connectivity index (χ0n) is 28.4. The van der Waals surface area contributed by atoms with Crippen LogP contribution in [0.1, 0.15) is 101 Å². The summed E-state index contributed by atoms with van der Waals surface area (Å²) in [6.07, 6.45) is 1.80. The summed E-state index contributed by atoms with van der Waals surface area (Å²) in [6.45, 7) is 20.8. The van der Waals surface area contributed by atoms with Crippen LogP contribution in [-0.4, -0.2) is 72.8 Å². The first-order valence-corrected chi connectivity index (χ1v) is 18.1. The van der Waals surface area contributed by atoms with Gasteiger partial charge in [-0.2, -0.15) is 0 Å². The number of fused-ring (bicyclic) bond motifs is 3. The van der Waals surface area contributed by atoms with Crippen molar-refractivity contribution < 1.29 is 37.7 Å². The fourth-order valence-corrected chi connectivity index (χ4v) is 14.5. The Labute approximate surface area is 255 Å². The molecule has 42 heavy (non-hydrogen) atoms. The molecule has 3 rings (SSSR count). The lowest BCUT2D eigenvalue weighted by atomic mass is 9.54. The van der Waals surface area contributed by atoms with E-state index >= 15 is 4.79 Å². The number of allylic oxidation sites excluding steroid dienone is 1. The van der Waals surface area contributed by atoms with Crippen LogP contribution in [-0.2, 0) is 37.7 Å². The summed E-state index contributed by atoms with van der Waals surface area (Å²) in [5.41, 5.74) is 1.01. The molecule has 1 aliphatic heterocycles. The molecule has 2 bridgehead atoms. The highest BCUT2D eigenvalue weighted by Gasteiger charge is 2.66. The van der Waals surface area contributed by atoms with Gasteiger partial charge in [0.1, 0.15) is 11.5 Å². The Morgan fingerprint density at radius 3 is 2.00 bits per heavy atom. The first kappa shape index (κ1) is 35.4. The van der Waals surface area contributed by atoms with Crippen LogP contribution >= 0.6 is 0 Å². The van der Waals surface area contributed by atoms with Gasteiger partial charge in [-0.15, -0.1) is 0 Å². The number of Topliss-reactive ketones (excluding diaryl/α,β-unsaturated/α-hetero) is 1. The SMILES string of the molecule is COC(=O)[C@@]1(CCCC(OC)OC)CC2(OCCO2)C2CCC(C)=C([C@H](O[Si](C(C)C)(C(C)C)C(C)C)C1=O)C2(C)C. The summed E-state index contributed by atoms with van der Waals surface area (Å²) in [7, 11) is 1.99. The van der Waals surface area contributed by atoms with Gasteiger partial charge in [-0.3, -0.25) is 9.59 Å². The summed E-state index contributed by atoms with van der Waals surface area (Å²) >= 11 is 0. The number of ketones is 1. The van der Waals surface area contributed by atoms with Crippen molar-refractivity contribution in [1.29, 1.82) is 0 Å². The van der Waals surface area contributed by atoms with Crippen LogP contribution in [0.2, 0.25) is 16.6 Å². The second kappa shape index (κ2) is 13.5. The number of carbonyl (C=O) groups excluding carboxylic acids is 2. The van der Waals surface area contributed by atoms with Gasteiger partial charge >= 0.3 is 5.97 Å². The molecule has 1 saturated heterocycles. The minimum absolute atomic E-state index is 0.0617. The van der Waals surface area contributed by atoms with Crippen molar-refractivity contribution in [1.82, 2.24) is 0 Å². The second-order valence-corrected chi connectivity index (χ2v) is 19.6. The van der Waals surface area contributed by atoms with E-state index < -0.39 is 43.3 Å². The van der Waals surface area contributed by atoms with Crippen LogP contribution in [0.5, 0.6) is 0 Å². The van der Waals surface area contributed by atoms with Crippen LogP contribution < -0.4 is 0 Å². The van der Waals surface area contributed by atoms with E-state index in [9.17, 15) is 4.79 Å². The molecular weight excluding hydrogens is 552 g/mol. The molecule has 2 fully saturated rings. The predicted molar refractivity (Wildman–Crippen MR) is 165 cm³/mol. The monoisotopic (exact) mass is 610 g/mol. The molecule has 8 nitrogen and oxygen atoms in total. The van der Waals surface area contributed by atoms with Gasteiger partial charge in [0.15, 0.2) is 17.9 Å². The molecule has 1 saturated carbocycles. The van der Waals surface area contributed by atoms with Crippen LogP contribution in [0.4, 0.5) is 0 Å². The largest absolute Gasteiger partial charge is 0.468 e. The first-order valence-electron chi connectivity index (χ1n) is 15.9. The van der Waals surface area contributed by atoms with Crippen molar-refractivity contribution in [2.75, 3.05) is 34.5 Å². The molecular formula is C33H58O8Si. The van der Waals surface area contributed by atoms with Crippen LogP contribution in [0.15, 0.2) is 11.1 Å². The average Bonchev–Trinajstić information content (AvgIpc) is 3.38. The molecule has 242 valence electrons. The van der Waals surface area contributed by atoms with Crippen LogP contribution in [0, 0.1) is 16.7 Å². The summed E-state index contributed by atoms with van der Waals surface area (Å²) in [5, 5.41) is 0. The standard InChI is InChI=1S/C33H58O8Si/c1-21(2)42(22(3)4,23(5)6)41-28-27-24(7)15-16-25(31(27,8)9)33(39-18-19-40-33)20-32(29(28)34,30(35)38-12)17-13-14-26(36-10)37-11/h21-23,25-26,28H,13-20H2,1-12H3/t25?,28-,32-/m0/s1. The number of esters is 1. The third-order valence-corrected chi connectivity index (χ3v) is 16.9. The van der Waals surface area contributed by atoms with Crippen molar-refractivity contribution in [2.24, 2.45) is 16.7 Å². The Hall–Kier alpha value is -1.10. The first-order chi connectivity index (χ1) is 19.6. The molecule has 1 heterocycles. The normalized spacial score (nSPS) is 27.9. The summed E-state index contributed by atoms with van der Waals surface area (Å²) < 4.78 is 36.9. The molecule has 0 aromatic carbocycles. The molecule has 9 heteroatoms. The van der Waals surface area contributed by atoms with E-state index in [4.69, 9.17) is 28.1 Å². The van der Waals surface area contributed by atoms with Gasteiger partial charge in [0.25, 0.3) is 0 Å². The van der Waals surface area contributed by atoms with Crippen molar-refractivity contribution >= 4 is 20.1 Å². The predicted octanol–water partition coefficient (Wildman–Crippen LogP) is 6.96. The lowest BCUT2D eigenvalue weighted by molar-refractivity contribution is -0.244. The van der Waals surface area contributed by atoms with Crippen LogP contribution in [0.3, 0.4) is 0 Å². The quantitative estimate of drug-likeness (QED) is 0.0770.